The number of aromatic nitrogens is 2. The lowest BCUT2D eigenvalue weighted by atomic mass is 10.3. The van der Waals surface area contributed by atoms with Crippen LogP contribution in [0.15, 0.2) is 6.20 Å². The van der Waals surface area contributed by atoms with Gasteiger partial charge in [0, 0.05) is 32.0 Å². The van der Waals surface area contributed by atoms with E-state index < -0.39 is 0 Å². The fraction of sp³-hybridized carbons (Fsp3) is 0.667. The van der Waals surface area contributed by atoms with Crippen molar-refractivity contribution in [3.8, 4) is 0 Å². The van der Waals surface area contributed by atoms with E-state index in [4.69, 9.17) is 4.74 Å². The Kier molecular flexibility index (Phi) is 5.69. The lowest BCUT2D eigenvalue weighted by molar-refractivity contribution is 0.128. The lowest BCUT2D eigenvalue weighted by Crippen LogP contribution is -2.19. The zero-order valence-electron chi connectivity index (χ0n) is 11.1. The van der Waals surface area contributed by atoms with Crippen molar-refractivity contribution in [2.45, 2.75) is 33.3 Å². The summed E-state index contributed by atoms with van der Waals surface area (Å²) in [5.41, 5.74) is 1.04. The van der Waals surface area contributed by atoms with Crippen LogP contribution in [0.5, 0.6) is 0 Å². The molecule has 5 heteroatoms. The van der Waals surface area contributed by atoms with E-state index in [1.807, 2.05) is 20.0 Å². The highest BCUT2D eigenvalue weighted by molar-refractivity contribution is 5.46. The molecule has 1 rings (SSSR count). The van der Waals surface area contributed by atoms with E-state index in [-0.39, 0.29) is 6.10 Å². The highest BCUT2D eigenvalue weighted by Crippen LogP contribution is 2.12. The van der Waals surface area contributed by atoms with Gasteiger partial charge >= 0.3 is 0 Å². The quantitative estimate of drug-likeness (QED) is 0.761. The van der Waals surface area contributed by atoms with Crippen LogP contribution in [-0.2, 0) is 4.74 Å². The zero-order chi connectivity index (χ0) is 12.7. The Balaban J connectivity index is 2.62. The van der Waals surface area contributed by atoms with E-state index >= 15 is 0 Å². The fourth-order valence-corrected chi connectivity index (χ4v) is 1.27. The minimum atomic E-state index is 0.163. The van der Waals surface area contributed by atoms with E-state index in [9.17, 15) is 0 Å². The van der Waals surface area contributed by atoms with Crippen LogP contribution in [0, 0.1) is 6.92 Å². The van der Waals surface area contributed by atoms with Gasteiger partial charge in [-0.25, -0.2) is 4.98 Å². The second-order valence-corrected chi connectivity index (χ2v) is 4.08. The molecule has 0 saturated heterocycles. The zero-order valence-corrected chi connectivity index (χ0v) is 11.1. The van der Waals surface area contributed by atoms with E-state index in [1.54, 1.807) is 7.11 Å². The largest absolute Gasteiger partial charge is 0.380 e. The second-order valence-electron chi connectivity index (χ2n) is 4.08. The molecule has 0 fully saturated rings. The first-order chi connectivity index (χ1) is 8.17. The molecular weight excluding hydrogens is 216 g/mol. The predicted molar refractivity (Wildman–Crippen MR) is 70.5 cm³/mol. The number of anilines is 2. The van der Waals surface area contributed by atoms with Gasteiger partial charge in [0.25, 0.3) is 0 Å². The van der Waals surface area contributed by atoms with Crippen molar-refractivity contribution in [3.05, 3.63) is 11.8 Å². The molecule has 0 aliphatic rings. The van der Waals surface area contributed by atoms with Gasteiger partial charge in [-0.3, -0.25) is 0 Å². The summed E-state index contributed by atoms with van der Waals surface area (Å²) in [6.07, 6.45) is 3.04. The third kappa shape index (κ3) is 4.56. The van der Waals surface area contributed by atoms with Crippen LogP contribution >= 0.6 is 0 Å². The molecule has 0 spiro atoms. The number of methoxy groups -OCH3 is 1. The Morgan fingerprint density at radius 1 is 1.41 bits per heavy atom. The van der Waals surface area contributed by atoms with E-state index in [0.717, 1.165) is 30.9 Å². The molecule has 1 aromatic rings. The highest BCUT2D eigenvalue weighted by atomic mass is 16.5. The standard InChI is InChI=1S/C12H22N4O/c1-5-6-13-12-15-7-9(2)11(16-12)14-8-10(3)17-4/h7,10H,5-6,8H2,1-4H3,(H2,13,14,15,16). The smallest absolute Gasteiger partial charge is 0.224 e. The molecule has 1 aromatic heterocycles. The Morgan fingerprint density at radius 2 is 2.18 bits per heavy atom. The molecule has 1 heterocycles. The van der Waals surface area contributed by atoms with Gasteiger partial charge in [0.2, 0.25) is 5.95 Å². The molecular formula is C12H22N4O. The summed E-state index contributed by atoms with van der Waals surface area (Å²) in [7, 11) is 1.70. The van der Waals surface area contributed by atoms with Gasteiger partial charge in [-0.15, -0.1) is 0 Å². The molecule has 96 valence electrons. The summed E-state index contributed by atoms with van der Waals surface area (Å²) in [6, 6.07) is 0. The minimum absolute atomic E-state index is 0.163. The maximum absolute atomic E-state index is 5.19. The molecule has 17 heavy (non-hydrogen) atoms. The molecule has 0 aliphatic heterocycles. The molecule has 1 unspecified atom stereocenters. The summed E-state index contributed by atoms with van der Waals surface area (Å²) >= 11 is 0. The number of aryl methyl sites for hydroxylation is 1. The van der Waals surface area contributed by atoms with Crippen LogP contribution < -0.4 is 10.6 Å². The number of hydrogen-bond donors (Lipinski definition) is 2. The second kappa shape index (κ2) is 7.06. The Hall–Kier alpha value is -1.36. The first-order valence-corrected chi connectivity index (χ1v) is 6.01. The maximum Gasteiger partial charge on any atom is 0.224 e. The van der Waals surface area contributed by atoms with Crippen molar-refractivity contribution in [2.75, 3.05) is 30.8 Å². The average Bonchev–Trinajstić information content (AvgIpc) is 2.35. The monoisotopic (exact) mass is 238 g/mol. The van der Waals surface area contributed by atoms with Gasteiger partial charge in [-0.1, -0.05) is 6.92 Å². The molecule has 0 radical (unpaired) electrons. The van der Waals surface area contributed by atoms with Crippen LogP contribution in [0.1, 0.15) is 25.8 Å². The average molecular weight is 238 g/mol. The van der Waals surface area contributed by atoms with Crippen LogP contribution in [-0.4, -0.2) is 36.3 Å². The Bertz CT molecular complexity index is 343. The van der Waals surface area contributed by atoms with Crippen LogP contribution in [0.4, 0.5) is 11.8 Å². The normalized spacial score (nSPS) is 12.2. The van der Waals surface area contributed by atoms with Gasteiger partial charge in [0.1, 0.15) is 5.82 Å². The van der Waals surface area contributed by atoms with E-state index in [0.29, 0.717) is 5.95 Å². The van der Waals surface area contributed by atoms with Gasteiger partial charge in [0.15, 0.2) is 0 Å². The van der Waals surface area contributed by atoms with Gasteiger partial charge < -0.3 is 15.4 Å². The number of nitrogens with zero attached hydrogens (tertiary/aromatic N) is 2. The molecule has 1 atom stereocenters. The molecule has 0 saturated carbocycles. The summed E-state index contributed by atoms with van der Waals surface area (Å²) in [5.74, 6) is 1.53. The Labute approximate surface area is 103 Å². The first kappa shape index (κ1) is 13.7. The van der Waals surface area contributed by atoms with Gasteiger partial charge in [-0.05, 0) is 20.3 Å². The van der Waals surface area contributed by atoms with E-state index in [1.165, 1.54) is 0 Å². The third-order valence-electron chi connectivity index (χ3n) is 2.46. The van der Waals surface area contributed by atoms with Crippen LogP contribution in [0.2, 0.25) is 0 Å². The lowest BCUT2D eigenvalue weighted by Gasteiger charge is -2.13. The molecule has 0 bridgehead atoms. The van der Waals surface area contributed by atoms with Crippen molar-refractivity contribution in [2.24, 2.45) is 0 Å². The molecule has 0 aromatic carbocycles. The fourth-order valence-electron chi connectivity index (χ4n) is 1.27. The SMILES string of the molecule is CCCNc1ncc(C)c(NCC(C)OC)n1. The summed E-state index contributed by atoms with van der Waals surface area (Å²) in [6.45, 7) is 7.74. The molecule has 2 N–H and O–H groups in total. The van der Waals surface area contributed by atoms with Crippen LogP contribution in [0.3, 0.4) is 0 Å². The van der Waals surface area contributed by atoms with Crippen molar-refractivity contribution in [3.63, 3.8) is 0 Å². The van der Waals surface area contributed by atoms with Crippen molar-refractivity contribution in [1.29, 1.82) is 0 Å². The minimum Gasteiger partial charge on any atom is -0.380 e. The van der Waals surface area contributed by atoms with Crippen molar-refractivity contribution >= 4 is 11.8 Å². The summed E-state index contributed by atoms with van der Waals surface area (Å²) in [4.78, 5) is 8.66. The molecule has 0 aliphatic carbocycles. The van der Waals surface area contributed by atoms with Gasteiger partial charge in [0.05, 0.1) is 6.10 Å². The third-order valence-corrected chi connectivity index (χ3v) is 2.46. The molecule has 5 nitrogen and oxygen atoms in total. The molecule has 0 amide bonds. The van der Waals surface area contributed by atoms with Crippen LogP contribution in [0.25, 0.3) is 0 Å². The number of nitrogens with one attached hydrogen (secondary N) is 2. The van der Waals surface area contributed by atoms with Crippen molar-refractivity contribution in [1.82, 2.24) is 9.97 Å². The predicted octanol–water partition coefficient (Wildman–Crippen LogP) is 2.05. The summed E-state index contributed by atoms with van der Waals surface area (Å²) in [5, 5.41) is 6.43. The number of ether oxygens (including phenoxy) is 1. The van der Waals surface area contributed by atoms with Gasteiger partial charge in [-0.2, -0.15) is 4.98 Å². The number of hydrogen-bond acceptors (Lipinski definition) is 5. The highest BCUT2D eigenvalue weighted by Gasteiger charge is 2.05. The summed E-state index contributed by atoms with van der Waals surface area (Å²) < 4.78 is 5.19. The Morgan fingerprint density at radius 3 is 2.82 bits per heavy atom. The topological polar surface area (TPSA) is 59.1 Å². The van der Waals surface area contributed by atoms with E-state index in [2.05, 4.69) is 27.5 Å². The maximum atomic E-state index is 5.19. The number of rotatable bonds is 7. The first-order valence-electron chi connectivity index (χ1n) is 6.01. The van der Waals surface area contributed by atoms with Crippen molar-refractivity contribution < 1.29 is 4.74 Å².